The highest BCUT2D eigenvalue weighted by atomic mass is 19.1. The summed E-state index contributed by atoms with van der Waals surface area (Å²) in [5.74, 6) is 1.15. The molecular weight excluding hydrogens is 363 g/mol. The van der Waals surface area contributed by atoms with Crippen LogP contribution in [0, 0.1) is 17.7 Å². The van der Waals surface area contributed by atoms with Gasteiger partial charge in [0.1, 0.15) is 17.0 Å². The number of nitrogens with one attached hydrogen (secondary N) is 2. The van der Waals surface area contributed by atoms with E-state index in [9.17, 15) is 14.0 Å². The van der Waals surface area contributed by atoms with Gasteiger partial charge in [0, 0.05) is 38.7 Å². The van der Waals surface area contributed by atoms with Crippen molar-refractivity contribution < 1.29 is 13.9 Å². The Hall–Kier alpha value is -2.64. The fraction of sp³-hybridized carbons (Fsp3) is 0.550. The van der Waals surface area contributed by atoms with E-state index in [0.717, 1.165) is 38.8 Å². The maximum Gasteiger partial charge on any atom is 0.263 e. The first kappa shape index (κ1) is 18.7. The molecule has 1 aliphatic heterocycles. The molecule has 4 rings (SSSR count). The zero-order valence-electron chi connectivity index (χ0n) is 16.0. The van der Waals surface area contributed by atoms with Gasteiger partial charge in [0.25, 0.3) is 5.56 Å². The lowest BCUT2D eigenvalue weighted by molar-refractivity contribution is -0.130. The Morgan fingerprint density at radius 2 is 2.04 bits per heavy atom. The van der Waals surface area contributed by atoms with Crippen LogP contribution in [0.15, 0.2) is 16.9 Å². The van der Waals surface area contributed by atoms with Gasteiger partial charge in [0.15, 0.2) is 0 Å². The summed E-state index contributed by atoms with van der Waals surface area (Å²) in [6, 6.07) is 2.87. The van der Waals surface area contributed by atoms with E-state index in [2.05, 4.69) is 15.3 Å². The van der Waals surface area contributed by atoms with E-state index in [1.54, 1.807) is 13.0 Å². The number of halogens is 1. The smallest absolute Gasteiger partial charge is 0.263 e. The number of fused-ring (bicyclic) bond motifs is 1. The van der Waals surface area contributed by atoms with Crippen LogP contribution in [-0.4, -0.2) is 47.0 Å². The molecule has 0 radical (unpaired) electrons. The molecule has 1 aliphatic carbocycles. The molecule has 0 spiro atoms. The van der Waals surface area contributed by atoms with E-state index in [1.807, 2.05) is 4.90 Å². The SMILES string of the molecule is CC(=O)N1CCC(CNc2nc3cc(OCC4CC4)cc(F)c3c(=O)[nH]2)CC1. The predicted molar refractivity (Wildman–Crippen MR) is 104 cm³/mol. The van der Waals surface area contributed by atoms with Crippen molar-refractivity contribution in [3.63, 3.8) is 0 Å². The van der Waals surface area contributed by atoms with Crippen LogP contribution in [0.1, 0.15) is 32.6 Å². The lowest BCUT2D eigenvalue weighted by atomic mass is 9.97. The molecular formula is C20H25FN4O3. The minimum absolute atomic E-state index is 0.0564. The summed E-state index contributed by atoms with van der Waals surface area (Å²) in [5, 5.41) is 3.10. The van der Waals surface area contributed by atoms with Gasteiger partial charge < -0.3 is 15.0 Å². The van der Waals surface area contributed by atoms with Crippen molar-refractivity contribution in [2.75, 3.05) is 31.6 Å². The number of hydrogen-bond donors (Lipinski definition) is 2. The Morgan fingerprint density at radius 3 is 2.71 bits per heavy atom. The molecule has 0 bridgehead atoms. The lowest BCUT2D eigenvalue weighted by Crippen LogP contribution is -2.38. The van der Waals surface area contributed by atoms with Gasteiger partial charge in [-0.15, -0.1) is 0 Å². The van der Waals surface area contributed by atoms with Crippen molar-refractivity contribution >= 4 is 22.8 Å². The normalized spacial score (nSPS) is 17.7. The third-order valence-electron chi connectivity index (χ3n) is 5.53. The van der Waals surface area contributed by atoms with Gasteiger partial charge in [0.05, 0.1) is 12.1 Å². The van der Waals surface area contributed by atoms with Gasteiger partial charge in [-0.3, -0.25) is 14.6 Å². The standard InChI is InChI=1S/C20H25FN4O3/c1-12(26)25-6-4-13(5-7-25)10-22-20-23-17-9-15(28-11-14-2-3-14)8-16(21)18(17)19(27)24-20/h8-9,13-14H,2-7,10-11H2,1H3,(H2,22,23,24,27). The van der Waals surface area contributed by atoms with Crippen LogP contribution < -0.4 is 15.6 Å². The van der Waals surface area contributed by atoms with Crippen molar-refractivity contribution in [3.8, 4) is 5.75 Å². The van der Waals surface area contributed by atoms with Crippen molar-refractivity contribution in [1.29, 1.82) is 0 Å². The quantitative estimate of drug-likeness (QED) is 0.794. The number of aromatic nitrogens is 2. The first-order chi connectivity index (χ1) is 13.5. The van der Waals surface area contributed by atoms with Crippen molar-refractivity contribution in [2.24, 2.45) is 11.8 Å². The van der Waals surface area contributed by atoms with E-state index in [1.165, 1.54) is 6.07 Å². The zero-order chi connectivity index (χ0) is 19.7. The zero-order valence-corrected chi connectivity index (χ0v) is 16.0. The monoisotopic (exact) mass is 388 g/mol. The Morgan fingerprint density at radius 1 is 1.29 bits per heavy atom. The van der Waals surface area contributed by atoms with Crippen LogP contribution in [0.25, 0.3) is 10.9 Å². The van der Waals surface area contributed by atoms with Crippen molar-refractivity contribution in [1.82, 2.24) is 14.9 Å². The van der Waals surface area contributed by atoms with Crippen LogP contribution in [0.4, 0.5) is 10.3 Å². The summed E-state index contributed by atoms with van der Waals surface area (Å²) in [6.07, 6.45) is 4.09. The molecule has 150 valence electrons. The predicted octanol–water partition coefficient (Wildman–Crippen LogP) is 2.52. The molecule has 7 nitrogen and oxygen atoms in total. The summed E-state index contributed by atoms with van der Waals surface area (Å²) in [6.45, 7) is 4.29. The molecule has 0 unspecified atom stereocenters. The molecule has 0 atom stereocenters. The maximum atomic E-state index is 14.4. The third kappa shape index (κ3) is 4.26. The Balaban J connectivity index is 1.45. The van der Waals surface area contributed by atoms with Gasteiger partial charge in [-0.2, -0.15) is 0 Å². The molecule has 1 aromatic carbocycles. The average molecular weight is 388 g/mol. The van der Waals surface area contributed by atoms with E-state index >= 15 is 0 Å². The number of piperidine rings is 1. The van der Waals surface area contributed by atoms with E-state index in [-0.39, 0.29) is 16.8 Å². The summed E-state index contributed by atoms with van der Waals surface area (Å²) in [7, 11) is 0. The summed E-state index contributed by atoms with van der Waals surface area (Å²) < 4.78 is 20.0. The first-order valence-corrected chi connectivity index (χ1v) is 9.85. The van der Waals surface area contributed by atoms with Gasteiger partial charge in [-0.25, -0.2) is 9.37 Å². The number of ether oxygens (including phenoxy) is 1. The number of hydrogen-bond acceptors (Lipinski definition) is 5. The number of rotatable bonds is 6. The second-order valence-electron chi connectivity index (χ2n) is 7.80. The van der Waals surface area contributed by atoms with Crippen LogP contribution in [0.3, 0.4) is 0 Å². The van der Waals surface area contributed by atoms with E-state index in [0.29, 0.717) is 36.7 Å². The van der Waals surface area contributed by atoms with Gasteiger partial charge in [-0.1, -0.05) is 0 Å². The number of likely N-dealkylation sites (tertiary alicyclic amines) is 1. The fourth-order valence-electron chi connectivity index (χ4n) is 3.56. The fourth-order valence-corrected chi connectivity index (χ4v) is 3.56. The number of nitrogens with zero attached hydrogens (tertiary/aromatic N) is 2. The number of aromatic amines is 1. The van der Waals surface area contributed by atoms with Gasteiger partial charge >= 0.3 is 0 Å². The topological polar surface area (TPSA) is 87.3 Å². The van der Waals surface area contributed by atoms with Gasteiger partial charge in [0.2, 0.25) is 11.9 Å². The number of amides is 1. The highest BCUT2D eigenvalue weighted by Gasteiger charge is 2.23. The molecule has 28 heavy (non-hydrogen) atoms. The minimum Gasteiger partial charge on any atom is -0.493 e. The number of carbonyl (C=O) groups is 1. The summed E-state index contributed by atoms with van der Waals surface area (Å²) in [5.41, 5.74) is -0.228. The summed E-state index contributed by atoms with van der Waals surface area (Å²) >= 11 is 0. The Labute approximate surface area is 162 Å². The Kier molecular flexibility index (Phi) is 5.19. The maximum absolute atomic E-state index is 14.4. The molecule has 2 aromatic rings. The van der Waals surface area contributed by atoms with E-state index < -0.39 is 11.4 Å². The van der Waals surface area contributed by atoms with Crippen LogP contribution in [0.5, 0.6) is 5.75 Å². The number of carbonyl (C=O) groups excluding carboxylic acids is 1. The van der Waals surface area contributed by atoms with Crippen molar-refractivity contribution in [2.45, 2.75) is 32.6 Å². The number of benzene rings is 1. The highest BCUT2D eigenvalue weighted by molar-refractivity contribution is 5.80. The molecule has 2 fully saturated rings. The lowest BCUT2D eigenvalue weighted by Gasteiger charge is -2.31. The largest absolute Gasteiger partial charge is 0.493 e. The molecule has 1 aromatic heterocycles. The highest BCUT2D eigenvalue weighted by Crippen LogP contribution is 2.30. The van der Waals surface area contributed by atoms with E-state index in [4.69, 9.17) is 4.74 Å². The number of anilines is 1. The molecule has 2 N–H and O–H groups in total. The average Bonchev–Trinajstić information content (AvgIpc) is 3.49. The minimum atomic E-state index is -0.625. The first-order valence-electron chi connectivity index (χ1n) is 9.85. The second-order valence-corrected chi connectivity index (χ2v) is 7.80. The van der Waals surface area contributed by atoms with Crippen LogP contribution in [0.2, 0.25) is 0 Å². The van der Waals surface area contributed by atoms with Crippen molar-refractivity contribution in [3.05, 3.63) is 28.3 Å². The Bertz CT molecular complexity index is 933. The molecule has 2 aliphatic rings. The third-order valence-corrected chi connectivity index (χ3v) is 5.53. The van der Waals surface area contributed by atoms with Gasteiger partial charge in [-0.05, 0) is 37.5 Å². The molecule has 1 saturated heterocycles. The second kappa shape index (κ2) is 7.77. The van der Waals surface area contributed by atoms with Crippen LogP contribution in [-0.2, 0) is 4.79 Å². The molecule has 1 saturated carbocycles. The number of H-pyrrole nitrogens is 1. The summed E-state index contributed by atoms with van der Waals surface area (Å²) in [4.78, 5) is 32.6. The molecule has 1 amide bonds. The molecule has 2 heterocycles. The molecule has 8 heteroatoms. The van der Waals surface area contributed by atoms with Crippen LogP contribution >= 0.6 is 0 Å².